The van der Waals surface area contributed by atoms with Crippen LogP contribution in [0.15, 0.2) is 48.5 Å². The number of ether oxygens (including phenoxy) is 1. The molecule has 0 aromatic heterocycles. The average molecular weight is 495 g/mol. The first-order valence-electron chi connectivity index (χ1n) is 11.1. The number of piperidine rings is 1. The number of likely N-dealkylation sites (tertiary alicyclic amines) is 1. The van der Waals surface area contributed by atoms with Crippen molar-refractivity contribution >= 4 is 29.3 Å². The standard InChI is InChI=1S/C25H26ClF3N2O3/c1-23(2,3)34-22(33)30-14-12-24(13-15-30)20(16-4-8-18(26)9-5-16)31(21(24)32)19-10-6-17(7-11-19)25(27,28)29/h4-11,20H,12-15H2,1-3H3. The van der Waals surface area contributed by atoms with Gasteiger partial charge in [0.05, 0.1) is 17.0 Å². The van der Waals surface area contributed by atoms with E-state index in [0.717, 1.165) is 17.7 Å². The molecule has 2 saturated heterocycles. The van der Waals surface area contributed by atoms with Gasteiger partial charge in [0, 0.05) is 23.8 Å². The first-order valence-corrected chi connectivity index (χ1v) is 11.4. The molecular formula is C25H26ClF3N2O3. The van der Waals surface area contributed by atoms with E-state index < -0.39 is 28.8 Å². The number of anilines is 1. The second kappa shape index (κ2) is 8.48. The number of nitrogens with zero attached hydrogens (tertiary/aromatic N) is 2. The van der Waals surface area contributed by atoms with E-state index in [1.54, 1.807) is 42.7 Å². The van der Waals surface area contributed by atoms with E-state index in [9.17, 15) is 22.8 Å². The van der Waals surface area contributed by atoms with Gasteiger partial charge in [0.2, 0.25) is 5.91 Å². The van der Waals surface area contributed by atoms with Crippen LogP contribution in [-0.2, 0) is 15.7 Å². The van der Waals surface area contributed by atoms with Crippen molar-refractivity contribution < 1.29 is 27.5 Å². The van der Waals surface area contributed by atoms with Crippen molar-refractivity contribution in [3.05, 3.63) is 64.7 Å². The smallest absolute Gasteiger partial charge is 0.416 e. The summed E-state index contributed by atoms with van der Waals surface area (Å²) < 4.78 is 44.5. The molecule has 9 heteroatoms. The molecule has 1 unspecified atom stereocenters. The van der Waals surface area contributed by atoms with Gasteiger partial charge in [0.25, 0.3) is 0 Å². The number of carbonyl (C=O) groups is 2. The Kier molecular flexibility index (Phi) is 6.09. The molecule has 2 heterocycles. The SMILES string of the molecule is CC(C)(C)OC(=O)N1CCC2(CC1)C(=O)N(c1ccc(C(F)(F)F)cc1)C2c1ccc(Cl)cc1. The molecule has 4 rings (SSSR count). The van der Waals surface area contributed by atoms with Crippen LogP contribution in [0, 0.1) is 5.41 Å². The highest BCUT2D eigenvalue weighted by Crippen LogP contribution is 2.57. The van der Waals surface area contributed by atoms with Gasteiger partial charge in [-0.3, -0.25) is 4.79 Å². The molecule has 0 bridgehead atoms. The van der Waals surface area contributed by atoms with Crippen LogP contribution in [0.2, 0.25) is 5.02 Å². The number of β-lactam (4-membered cyclic amide) rings is 1. The maximum Gasteiger partial charge on any atom is 0.416 e. The maximum absolute atomic E-state index is 13.5. The van der Waals surface area contributed by atoms with Gasteiger partial charge >= 0.3 is 12.3 Å². The van der Waals surface area contributed by atoms with E-state index in [2.05, 4.69) is 0 Å². The summed E-state index contributed by atoms with van der Waals surface area (Å²) in [6.07, 6.45) is -4.02. The molecule has 2 aromatic rings. The van der Waals surface area contributed by atoms with Crippen molar-refractivity contribution in [3.8, 4) is 0 Å². The quantitative estimate of drug-likeness (QED) is 0.450. The highest BCUT2D eigenvalue weighted by Gasteiger charge is 2.62. The van der Waals surface area contributed by atoms with Crippen molar-refractivity contribution in [2.24, 2.45) is 5.41 Å². The van der Waals surface area contributed by atoms with Gasteiger partial charge in [-0.2, -0.15) is 13.2 Å². The fraction of sp³-hybridized carbons (Fsp3) is 0.440. The van der Waals surface area contributed by atoms with Crippen molar-refractivity contribution in [1.29, 1.82) is 0 Å². The minimum atomic E-state index is -4.46. The predicted octanol–water partition coefficient (Wildman–Crippen LogP) is 6.46. The van der Waals surface area contributed by atoms with Crippen molar-refractivity contribution in [1.82, 2.24) is 4.90 Å². The van der Waals surface area contributed by atoms with Gasteiger partial charge < -0.3 is 14.5 Å². The van der Waals surface area contributed by atoms with Crippen LogP contribution in [0.4, 0.5) is 23.7 Å². The summed E-state index contributed by atoms with van der Waals surface area (Å²) in [6.45, 7) is 6.09. The number of alkyl halides is 3. The van der Waals surface area contributed by atoms with Crippen LogP contribution in [0.25, 0.3) is 0 Å². The third kappa shape index (κ3) is 4.48. The minimum Gasteiger partial charge on any atom is -0.444 e. The van der Waals surface area contributed by atoms with E-state index in [-0.39, 0.29) is 11.9 Å². The number of halogens is 4. The summed E-state index contributed by atoms with van der Waals surface area (Å²) in [5, 5.41) is 0.546. The van der Waals surface area contributed by atoms with Crippen LogP contribution in [0.1, 0.15) is 50.8 Å². The Bertz CT molecular complexity index is 1070. The van der Waals surface area contributed by atoms with Crippen LogP contribution in [0.3, 0.4) is 0 Å². The maximum atomic E-state index is 13.5. The molecule has 0 aliphatic carbocycles. The van der Waals surface area contributed by atoms with Crippen LogP contribution in [0.5, 0.6) is 0 Å². The molecule has 2 aromatic carbocycles. The Morgan fingerprint density at radius 3 is 2.06 bits per heavy atom. The Morgan fingerprint density at radius 1 is 1.00 bits per heavy atom. The van der Waals surface area contributed by atoms with Gasteiger partial charge in [0.1, 0.15) is 5.60 Å². The Hall–Kier alpha value is -2.74. The Morgan fingerprint density at radius 2 is 1.56 bits per heavy atom. The predicted molar refractivity (Wildman–Crippen MR) is 123 cm³/mol. The molecule has 2 aliphatic rings. The van der Waals surface area contributed by atoms with Gasteiger partial charge in [0.15, 0.2) is 0 Å². The normalized spacial score (nSPS) is 20.3. The molecule has 0 saturated carbocycles. The van der Waals surface area contributed by atoms with Crippen LogP contribution in [-0.4, -0.2) is 35.6 Å². The molecule has 1 atom stereocenters. The Balaban J connectivity index is 1.62. The van der Waals surface area contributed by atoms with E-state index >= 15 is 0 Å². The largest absolute Gasteiger partial charge is 0.444 e. The summed E-state index contributed by atoms with van der Waals surface area (Å²) >= 11 is 6.06. The highest BCUT2D eigenvalue weighted by atomic mass is 35.5. The number of amides is 2. The molecule has 0 radical (unpaired) electrons. The first kappa shape index (κ1) is 24.4. The summed E-state index contributed by atoms with van der Waals surface area (Å²) in [5.74, 6) is -0.156. The summed E-state index contributed by atoms with van der Waals surface area (Å²) in [7, 11) is 0. The third-order valence-corrected chi connectivity index (χ3v) is 6.64. The number of benzene rings is 2. The zero-order valence-electron chi connectivity index (χ0n) is 19.2. The second-order valence-electron chi connectivity index (χ2n) is 9.80. The van der Waals surface area contributed by atoms with Gasteiger partial charge in [-0.15, -0.1) is 0 Å². The molecule has 34 heavy (non-hydrogen) atoms. The highest BCUT2D eigenvalue weighted by molar-refractivity contribution is 6.30. The average Bonchev–Trinajstić information content (AvgIpc) is 2.76. The van der Waals surface area contributed by atoms with Gasteiger partial charge in [-0.25, -0.2) is 4.79 Å². The van der Waals surface area contributed by atoms with E-state index in [1.165, 1.54) is 12.1 Å². The van der Waals surface area contributed by atoms with Crippen LogP contribution < -0.4 is 4.90 Å². The number of hydrogen-bond donors (Lipinski definition) is 0. The van der Waals surface area contributed by atoms with Crippen molar-refractivity contribution in [2.75, 3.05) is 18.0 Å². The Labute approximate surface area is 201 Å². The lowest BCUT2D eigenvalue weighted by atomic mass is 9.62. The van der Waals surface area contributed by atoms with Crippen molar-refractivity contribution in [3.63, 3.8) is 0 Å². The van der Waals surface area contributed by atoms with Crippen molar-refractivity contribution in [2.45, 2.75) is 51.4 Å². The topological polar surface area (TPSA) is 49.9 Å². The third-order valence-electron chi connectivity index (χ3n) is 6.39. The molecule has 2 amide bonds. The number of hydrogen-bond acceptors (Lipinski definition) is 3. The van der Waals surface area contributed by atoms with Gasteiger partial charge in [-0.1, -0.05) is 23.7 Å². The zero-order chi connectivity index (χ0) is 24.9. The van der Waals surface area contributed by atoms with Gasteiger partial charge in [-0.05, 0) is 75.6 Å². The summed E-state index contributed by atoms with van der Waals surface area (Å²) in [6, 6.07) is 11.4. The molecule has 1 spiro atoms. The monoisotopic (exact) mass is 494 g/mol. The second-order valence-corrected chi connectivity index (χ2v) is 10.2. The first-order chi connectivity index (χ1) is 15.8. The lowest BCUT2D eigenvalue weighted by molar-refractivity contribution is -0.144. The molecule has 182 valence electrons. The molecule has 0 N–H and O–H groups in total. The number of carbonyl (C=O) groups excluding carboxylic acids is 2. The lowest BCUT2D eigenvalue weighted by Crippen LogP contribution is -2.67. The van der Waals surface area contributed by atoms with E-state index in [0.29, 0.717) is 36.6 Å². The molecule has 5 nitrogen and oxygen atoms in total. The molecule has 2 fully saturated rings. The summed E-state index contributed by atoms with van der Waals surface area (Å²) in [4.78, 5) is 29.2. The fourth-order valence-corrected chi connectivity index (χ4v) is 4.87. The summed E-state index contributed by atoms with van der Waals surface area (Å²) in [5.41, 5.74) is -0.904. The van der Waals surface area contributed by atoms with E-state index in [1.807, 2.05) is 12.1 Å². The number of rotatable bonds is 2. The molecule has 2 aliphatic heterocycles. The lowest BCUT2D eigenvalue weighted by Gasteiger charge is -2.59. The minimum absolute atomic E-state index is 0.156. The van der Waals surface area contributed by atoms with Crippen LogP contribution >= 0.6 is 11.6 Å². The molecular weight excluding hydrogens is 469 g/mol. The fourth-order valence-electron chi connectivity index (χ4n) is 4.75. The zero-order valence-corrected chi connectivity index (χ0v) is 19.9. The van der Waals surface area contributed by atoms with E-state index in [4.69, 9.17) is 16.3 Å².